The Labute approximate surface area is 856 Å². The molecule has 0 heterocycles. The van der Waals surface area contributed by atoms with Crippen molar-refractivity contribution in [3.05, 3.63) is 348 Å². The standard InChI is InChI=1S/C20H23NO2S.C20H25NO2S.C18H21NO2S.C17H18BrNO2S.C17H18ClNO2S.C17H18INO2S/c1-13-4-9-19(14(2)10-13)23-12-17-11-16(15-5-6-15)7-8-18(17)21-20(22)24-3;1-6-16-10-15(4)19(21-20(22)24-5)17(11-16)12-23-18-8-7-13(2)9-14(18)3;1-12-6-8-17(14(3)9-12)21-11-15-10-13(2)5-7-16(15)19-18(20)22-4;3*1-11-4-7-16(12(2)8-11)21-10-13-9-14(18)5-6-15(13)19-17(20)22-3/h4,7-11,15H,5-6,12H2,1-3H3,(H,21,22);7-11H,6,12H2,1-5H3,(H,21,22);5-10H,11H2,1-4H3,(H,19,20);3*4-9H,10H2,1-3H3,(H,19,20). The maximum atomic E-state index is 11.8. The third-order valence-corrected chi connectivity index (χ3v) is 25.6. The number of thioether (sulfide) groups is 6. The number of carbonyl (C=O) groups is 6. The zero-order valence-corrected chi connectivity index (χ0v) is 90.5. The lowest BCUT2D eigenvalue weighted by molar-refractivity contribution is 0.269. The molecule has 0 aromatic heterocycles. The number of aryl methyl sites for hydroxylation is 15. The number of nitrogens with one attached hydrogen (secondary N) is 6. The van der Waals surface area contributed by atoms with E-state index in [4.69, 9.17) is 40.0 Å². The first-order chi connectivity index (χ1) is 65.0. The summed E-state index contributed by atoms with van der Waals surface area (Å²) in [6.45, 7) is 33.2. The van der Waals surface area contributed by atoms with E-state index in [0.717, 1.165) is 202 Å². The fourth-order valence-corrected chi connectivity index (χ4v) is 16.4. The minimum absolute atomic E-state index is 0.0538. The van der Waals surface area contributed by atoms with Crippen molar-refractivity contribution >= 4 is 186 Å². The number of benzene rings is 12. The Morgan fingerprint density at radius 1 is 0.309 bits per heavy atom. The molecular formula is C109H123BrClIN6O12S6. The van der Waals surface area contributed by atoms with Crippen LogP contribution >= 0.6 is 121 Å². The summed E-state index contributed by atoms with van der Waals surface area (Å²) in [7, 11) is 0. The average molecular weight is 2140 g/mol. The molecule has 0 radical (unpaired) electrons. The molecule has 0 atom stereocenters. The number of halogens is 3. The van der Waals surface area contributed by atoms with E-state index in [9.17, 15) is 28.8 Å². The van der Waals surface area contributed by atoms with Gasteiger partial charge in [-0.25, -0.2) is 0 Å². The van der Waals surface area contributed by atoms with Crippen LogP contribution in [0.15, 0.2) is 217 Å². The average Bonchev–Trinajstić information content (AvgIpc) is 1.77. The van der Waals surface area contributed by atoms with Crippen LogP contribution in [0.1, 0.15) is 148 Å². The molecule has 0 spiro atoms. The molecule has 0 unspecified atom stereocenters. The van der Waals surface area contributed by atoms with E-state index in [1.807, 2.05) is 183 Å². The normalized spacial score (nSPS) is 11.0. The predicted molar refractivity (Wildman–Crippen MR) is 592 cm³/mol. The summed E-state index contributed by atoms with van der Waals surface area (Å²) < 4.78 is 37.8. The van der Waals surface area contributed by atoms with E-state index < -0.39 is 0 Å². The number of hydrogen-bond acceptors (Lipinski definition) is 18. The lowest BCUT2D eigenvalue weighted by Gasteiger charge is -2.17. The largest absolute Gasteiger partial charge is 0.489 e. The lowest BCUT2D eigenvalue weighted by atomic mass is 10.0. The van der Waals surface area contributed by atoms with Gasteiger partial charge in [0.05, 0.1) is 5.69 Å². The van der Waals surface area contributed by atoms with Gasteiger partial charge in [-0.1, -0.05) is 253 Å². The summed E-state index contributed by atoms with van der Waals surface area (Å²) in [6, 6.07) is 70.2. The molecule has 18 nitrogen and oxygen atoms in total. The highest BCUT2D eigenvalue weighted by molar-refractivity contribution is 14.1. The van der Waals surface area contributed by atoms with Crippen molar-refractivity contribution in [2.24, 2.45) is 0 Å². The first-order valence-corrected chi connectivity index (χ1v) is 53.6. The molecule has 13 rings (SSSR count). The summed E-state index contributed by atoms with van der Waals surface area (Å²) in [5, 5.41) is 17.6. The third-order valence-electron chi connectivity index (χ3n) is 21.3. The van der Waals surface area contributed by atoms with Crippen LogP contribution in [0.2, 0.25) is 5.02 Å². The highest BCUT2D eigenvalue weighted by atomic mass is 127. The second kappa shape index (κ2) is 56.7. The van der Waals surface area contributed by atoms with Crippen LogP contribution in [0, 0.1) is 101 Å². The molecule has 1 aliphatic rings. The molecule has 0 aliphatic heterocycles. The molecule has 136 heavy (non-hydrogen) atoms. The highest BCUT2D eigenvalue weighted by Crippen LogP contribution is 2.42. The van der Waals surface area contributed by atoms with Crippen LogP contribution in [0.3, 0.4) is 0 Å². The highest BCUT2D eigenvalue weighted by Gasteiger charge is 2.25. The smallest absolute Gasteiger partial charge is 0.283 e. The van der Waals surface area contributed by atoms with Gasteiger partial charge >= 0.3 is 0 Å². The quantitative estimate of drug-likeness (QED) is 0.0277. The maximum absolute atomic E-state index is 11.8. The summed E-state index contributed by atoms with van der Waals surface area (Å²) >= 11 is 18.7. The van der Waals surface area contributed by atoms with E-state index >= 15 is 0 Å². The van der Waals surface area contributed by atoms with Gasteiger partial charge in [0.25, 0.3) is 31.4 Å². The number of ether oxygens (including phenoxy) is 6. The lowest BCUT2D eigenvalue weighted by Crippen LogP contribution is -2.10. The van der Waals surface area contributed by atoms with Gasteiger partial charge in [0, 0.05) is 74.9 Å². The van der Waals surface area contributed by atoms with Crippen molar-refractivity contribution in [3.8, 4) is 34.5 Å². The predicted octanol–water partition coefficient (Wildman–Crippen LogP) is 32.7. The molecule has 0 bridgehead atoms. The van der Waals surface area contributed by atoms with Crippen LogP contribution < -0.4 is 60.3 Å². The van der Waals surface area contributed by atoms with Crippen LogP contribution in [0.5, 0.6) is 34.5 Å². The second-order valence-electron chi connectivity index (χ2n) is 32.6. The van der Waals surface area contributed by atoms with E-state index in [0.29, 0.717) is 56.3 Å². The van der Waals surface area contributed by atoms with Gasteiger partial charge in [0.15, 0.2) is 0 Å². The van der Waals surface area contributed by atoms with Gasteiger partial charge in [-0.3, -0.25) is 28.8 Å². The molecule has 1 aliphatic carbocycles. The number of rotatable bonds is 26. The minimum atomic E-state index is -0.116. The van der Waals surface area contributed by atoms with Crippen LogP contribution in [-0.2, 0) is 46.1 Å². The Morgan fingerprint density at radius 2 is 0.581 bits per heavy atom. The number of hydrogen-bond donors (Lipinski definition) is 6. The molecule has 6 amide bonds. The Bertz CT molecular complexity index is 5670. The SMILES string of the molecule is CCc1cc(C)c(NC(=O)SC)c(COc2ccc(C)cc2C)c1.CSC(=O)Nc1ccc(Br)cc1COc1ccc(C)cc1C.CSC(=O)Nc1ccc(C)cc1COc1ccc(C)cc1C.CSC(=O)Nc1ccc(C2CC2)cc1COc1ccc(C)cc1C.CSC(=O)Nc1ccc(Cl)cc1COc1ccc(C)cc1C.CSC(=O)Nc1ccc(I)cc1COc1ccc(C)cc1C. The fourth-order valence-electron chi connectivity index (χ4n) is 14.0. The van der Waals surface area contributed by atoms with Gasteiger partial charge in [-0.05, 0) is 335 Å². The Balaban J connectivity index is 0.000000201. The van der Waals surface area contributed by atoms with Crippen molar-refractivity contribution in [3.63, 3.8) is 0 Å². The van der Waals surface area contributed by atoms with Crippen LogP contribution in [-0.4, -0.2) is 69.0 Å². The molecule has 1 saturated carbocycles. The fraction of sp³-hybridized carbons (Fsp3) is 0.284. The molecule has 12 aromatic carbocycles. The first kappa shape index (κ1) is 111. The number of anilines is 6. The second-order valence-corrected chi connectivity index (χ2v) is 39.9. The molecular weight excluding hydrogens is 2020 g/mol. The monoisotopic (exact) mass is 2140 g/mol. The summed E-state index contributed by atoms with van der Waals surface area (Å²) in [4.78, 5) is 69.9. The Morgan fingerprint density at radius 3 is 0.912 bits per heavy atom. The van der Waals surface area contributed by atoms with Gasteiger partial charge in [0.2, 0.25) is 0 Å². The van der Waals surface area contributed by atoms with E-state index in [1.54, 1.807) is 55.7 Å². The molecule has 6 N–H and O–H groups in total. The van der Waals surface area contributed by atoms with E-state index in [2.05, 4.69) is 186 Å². The topological polar surface area (TPSA) is 230 Å². The Kier molecular flexibility index (Phi) is 46.3. The summed E-state index contributed by atoms with van der Waals surface area (Å²) in [5.74, 6) is 5.86. The van der Waals surface area contributed by atoms with Gasteiger partial charge < -0.3 is 60.3 Å². The molecule has 1 fully saturated rings. The third kappa shape index (κ3) is 37.3. The molecule has 12 aromatic rings. The molecule has 27 heteroatoms. The van der Waals surface area contributed by atoms with Crippen molar-refractivity contribution in [1.29, 1.82) is 0 Å². The zero-order valence-electron chi connectivity index (χ0n) is 81.1. The van der Waals surface area contributed by atoms with E-state index in [1.165, 1.54) is 80.9 Å². The summed E-state index contributed by atoms with van der Waals surface area (Å²) in [6.07, 6.45) is 14.0. The first-order valence-electron chi connectivity index (χ1n) is 44.0. The number of amides is 6. The van der Waals surface area contributed by atoms with Crippen molar-refractivity contribution in [2.45, 2.75) is 169 Å². The van der Waals surface area contributed by atoms with Crippen molar-refractivity contribution in [2.75, 3.05) is 69.4 Å². The maximum Gasteiger partial charge on any atom is 0.283 e. The van der Waals surface area contributed by atoms with Crippen LogP contribution in [0.25, 0.3) is 0 Å². The minimum Gasteiger partial charge on any atom is -0.489 e. The van der Waals surface area contributed by atoms with Gasteiger partial charge in [-0.2, -0.15) is 0 Å². The van der Waals surface area contributed by atoms with Crippen molar-refractivity contribution < 1.29 is 57.2 Å². The summed E-state index contributed by atoms with van der Waals surface area (Å²) in [5.41, 5.74) is 29.3. The number of carbonyl (C=O) groups excluding carboxylic acids is 6. The zero-order chi connectivity index (χ0) is 99.2. The van der Waals surface area contributed by atoms with Gasteiger partial charge in [0.1, 0.15) is 74.1 Å². The van der Waals surface area contributed by atoms with Crippen molar-refractivity contribution in [1.82, 2.24) is 0 Å². The van der Waals surface area contributed by atoms with E-state index in [-0.39, 0.29) is 31.4 Å². The molecule has 718 valence electrons. The molecule has 0 saturated heterocycles. The van der Waals surface area contributed by atoms with Crippen LogP contribution in [0.4, 0.5) is 62.9 Å². The Hall–Kier alpha value is -10.1. The van der Waals surface area contributed by atoms with Gasteiger partial charge in [-0.15, -0.1) is 0 Å².